The monoisotopic (exact) mass is 264 g/mol. The number of hydrogen-bond donors (Lipinski definition) is 0. The SMILES string of the molecule is Cc1cccc(-n2cc(CBr)c(C)n2)c1. The third-order valence-electron chi connectivity index (χ3n) is 2.41. The summed E-state index contributed by atoms with van der Waals surface area (Å²) in [6.07, 6.45) is 2.07. The van der Waals surface area contributed by atoms with Crippen molar-refractivity contribution in [1.29, 1.82) is 0 Å². The van der Waals surface area contributed by atoms with Gasteiger partial charge in [0, 0.05) is 17.1 Å². The molecule has 0 aliphatic carbocycles. The van der Waals surface area contributed by atoms with Crippen molar-refractivity contribution in [1.82, 2.24) is 9.78 Å². The van der Waals surface area contributed by atoms with Crippen LogP contribution in [0, 0.1) is 13.8 Å². The van der Waals surface area contributed by atoms with E-state index in [9.17, 15) is 0 Å². The van der Waals surface area contributed by atoms with E-state index in [1.54, 1.807) is 0 Å². The fourth-order valence-corrected chi connectivity index (χ4v) is 2.08. The summed E-state index contributed by atoms with van der Waals surface area (Å²) in [4.78, 5) is 0. The summed E-state index contributed by atoms with van der Waals surface area (Å²) in [5.74, 6) is 0. The van der Waals surface area contributed by atoms with Crippen LogP contribution >= 0.6 is 15.9 Å². The van der Waals surface area contributed by atoms with E-state index in [4.69, 9.17) is 0 Å². The van der Waals surface area contributed by atoms with E-state index in [0.717, 1.165) is 16.7 Å². The van der Waals surface area contributed by atoms with Crippen LogP contribution in [0.5, 0.6) is 0 Å². The minimum atomic E-state index is 0.852. The number of aryl methyl sites for hydroxylation is 2. The van der Waals surface area contributed by atoms with E-state index in [1.165, 1.54) is 11.1 Å². The molecule has 0 unspecified atom stereocenters. The molecule has 0 aliphatic heterocycles. The van der Waals surface area contributed by atoms with Gasteiger partial charge in [-0.25, -0.2) is 4.68 Å². The van der Waals surface area contributed by atoms with Crippen molar-refractivity contribution in [3.05, 3.63) is 47.3 Å². The molecular weight excluding hydrogens is 252 g/mol. The van der Waals surface area contributed by atoms with Crippen molar-refractivity contribution < 1.29 is 0 Å². The molecular formula is C12H13BrN2. The molecule has 0 atom stereocenters. The van der Waals surface area contributed by atoms with Crippen molar-refractivity contribution >= 4 is 15.9 Å². The maximum atomic E-state index is 4.48. The number of aromatic nitrogens is 2. The molecule has 0 saturated heterocycles. The maximum Gasteiger partial charge on any atom is 0.0648 e. The standard InChI is InChI=1S/C12H13BrN2/c1-9-4-3-5-12(6-9)15-8-11(7-13)10(2)14-15/h3-6,8H,7H2,1-2H3. The largest absolute Gasteiger partial charge is 0.240 e. The molecule has 0 spiro atoms. The summed E-state index contributed by atoms with van der Waals surface area (Å²) in [7, 11) is 0. The third-order valence-corrected chi connectivity index (χ3v) is 3.01. The molecule has 0 N–H and O–H groups in total. The van der Waals surface area contributed by atoms with Crippen molar-refractivity contribution in [3.63, 3.8) is 0 Å². The summed E-state index contributed by atoms with van der Waals surface area (Å²) in [6.45, 7) is 4.12. The molecule has 2 nitrogen and oxygen atoms in total. The topological polar surface area (TPSA) is 17.8 Å². The van der Waals surface area contributed by atoms with Crippen LogP contribution in [0.4, 0.5) is 0 Å². The number of hydrogen-bond acceptors (Lipinski definition) is 1. The molecule has 0 amide bonds. The minimum Gasteiger partial charge on any atom is -0.240 e. The van der Waals surface area contributed by atoms with E-state index < -0.39 is 0 Å². The first kappa shape index (κ1) is 10.4. The number of rotatable bonds is 2. The number of halogens is 1. The molecule has 15 heavy (non-hydrogen) atoms. The molecule has 1 aromatic heterocycles. The molecule has 0 aliphatic rings. The van der Waals surface area contributed by atoms with Gasteiger partial charge in [0.2, 0.25) is 0 Å². The lowest BCUT2D eigenvalue weighted by Crippen LogP contribution is -1.94. The zero-order valence-electron chi connectivity index (χ0n) is 8.87. The summed E-state index contributed by atoms with van der Waals surface area (Å²) < 4.78 is 1.93. The number of alkyl halides is 1. The van der Waals surface area contributed by atoms with Crippen molar-refractivity contribution in [2.75, 3.05) is 0 Å². The van der Waals surface area contributed by atoms with Crippen molar-refractivity contribution in [2.45, 2.75) is 19.2 Å². The molecule has 0 fully saturated rings. The molecule has 2 aromatic rings. The second kappa shape index (κ2) is 4.19. The van der Waals surface area contributed by atoms with E-state index >= 15 is 0 Å². The van der Waals surface area contributed by atoms with Gasteiger partial charge in [0.1, 0.15) is 0 Å². The summed E-state index contributed by atoms with van der Waals surface area (Å²) in [5, 5.41) is 5.33. The Balaban J connectivity index is 2.45. The van der Waals surface area contributed by atoms with Crippen LogP contribution in [-0.2, 0) is 5.33 Å². The first-order valence-corrected chi connectivity index (χ1v) is 6.01. The summed E-state index contributed by atoms with van der Waals surface area (Å²) in [6, 6.07) is 8.34. The van der Waals surface area contributed by atoms with E-state index in [-0.39, 0.29) is 0 Å². The normalized spacial score (nSPS) is 10.6. The van der Waals surface area contributed by atoms with Crippen LogP contribution in [0.1, 0.15) is 16.8 Å². The molecule has 78 valence electrons. The van der Waals surface area contributed by atoms with Gasteiger partial charge in [0.25, 0.3) is 0 Å². The molecule has 0 radical (unpaired) electrons. The van der Waals surface area contributed by atoms with Crippen molar-refractivity contribution in [2.24, 2.45) is 0 Å². The van der Waals surface area contributed by atoms with Crippen LogP contribution in [0.2, 0.25) is 0 Å². The quantitative estimate of drug-likeness (QED) is 0.761. The Bertz CT molecular complexity index is 474. The Morgan fingerprint density at radius 3 is 2.73 bits per heavy atom. The Morgan fingerprint density at radius 1 is 1.33 bits per heavy atom. The summed E-state index contributed by atoms with van der Waals surface area (Å²) >= 11 is 3.46. The average molecular weight is 265 g/mol. The van der Waals surface area contributed by atoms with Gasteiger partial charge in [-0.05, 0) is 31.5 Å². The second-order valence-corrected chi connectivity index (χ2v) is 4.22. The van der Waals surface area contributed by atoms with Crippen molar-refractivity contribution in [3.8, 4) is 5.69 Å². The van der Waals surface area contributed by atoms with Gasteiger partial charge < -0.3 is 0 Å². The molecule has 1 heterocycles. The van der Waals surface area contributed by atoms with Crippen LogP contribution in [0.15, 0.2) is 30.5 Å². The van der Waals surface area contributed by atoms with Crippen LogP contribution in [-0.4, -0.2) is 9.78 Å². The van der Waals surface area contributed by atoms with E-state index in [1.807, 2.05) is 11.6 Å². The zero-order valence-corrected chi connectivity index (χ0v) is 10.5. The zero-order chi connectivity index (χ0) is 10.8. The lowest BCUT2D eigenvalue weighted by Gasteiger charge is -2.01. The molecule has 3 heteroatoms. The fourth-order valence-electron chi connectivity index (χ4n) is 1.53. The van der Waals surface area contributed by atoms with E-state index in [2.05, 4.69) is 58.4 Å². The van der Waals surface area contributed by atoms with Gasteiger partial charge in [-0.1, -0.05) is 28.1 Å². The Kier molecular flexibility index (Phi) is 2.91. The second-order valence-electron chi connectivity index (χ2n) is 3.66. The van der Waals surface area contributed by atoms with Gasteiger partial charge in [-0.15, -0.1) is 0 Å². The Morgan fingerprint density at radius 2 is 2.13 bits per heavy atom. The summed E-state index contributed by atoms with van der Waals surface area (Å²) in [5.41, 5.74) is 4.68. The fraction of sp³-hybridized carbons (Fsp3) is 0.250. The van der Waals surface area contributed by atoms with Gasteiger partial charge >= 0.3 is 0 Å². The smallest absolute Gasteiger partial charge is 0.0648 e. The third kappa shape index (κ3) is 2.12. The first-order chi connectivity index (χ1) is 7.20. The van der Waals surface area contributed by atoms with Gasteiger partial charge in [0.05, 0.1) is 11.4 Å². The number of nitrogens with zero attached hydrogens (tertiary/aromatic N) is 2. The van der Waals surface area contributed by atoms with Gasteiger partial charge in [-0.2, -0.15) is 5.10 Å². The van der Waals surface area contributed by atoms with E-state index in [0.29, 0.717) is 0 Å². The lowest BCUT2D eigenvalue weighted by molar-refractivity contribution is 0.861. The lowest BCUT2D eigenvalue weighted by atomic mass is 10.2. The Hall–Kier alpha value is -1.09. The van der Waals surface area contributed by atoms with Crippen LogP contribution < -0.4 is 0 Å². The van der Waals surface area contributed by atoms with Gasteiger partial charge in [0.15, 0.2) is 0 Å². The maximum absolute atomic E-state index is 4.48. The average Bonchev–Trinajstić information content (AvgIpc) is 2.60. The predicted octanol–water partition coefficient (Wildman–Crippen LogP) is 3.38. The van der Waals surface area contributed by atoms with Crippen LogP contribution in [0.25, 0.3) is 5.69 Å². The highest BCUT2D eigenvalue weighted by atomic mass is 79.9. The molecule has 1 aromatic carbocycles. The molecule has 2 rings (SSSR count). The number of benzene rings is 1. The minimum absolute atomic E-state index is 0.852. The molecule has 0 bridgehead atoms. The first-order valence-electron chi connectivity index (χ1n) is 4.89. The highest BCUT2D eigenvalue weighted by molar-refractivity contribution is 9.08. The predicted molar refractivity (Wildman–Crippen MR) is 65.7 cm³/mol. The highest BCUT2D eigenvalue weighted by Gasteiger charge is 2.04. The van der Waals surface area contributed by atoms with Crippen LogP contribution in [0.3, 0.4) is 0 Å². The highest BCUT2D eigenvalue weighted by Crippen LogP contribution is 2.15. The Labute approximate surface area is 98.1 Å². The molecule has 0 saturated carbocycles. The van der Waals surface area contributed by atoms with Gasteiger partial charge in [-0.3, -0.25) is 0 Å².